The molecule has 0 heterocycles. The van der Waals surface area contributed by atoms with Gasteiger partial charge in [0.2, 0.25) is 0 Å². The maximum Gasteiger partial charge on any atom is 0.0406 e. The number of hydrogen-bond donors (Lipinski definition) is 0. The van der Waals surface area contributed by atoms with Crippen LogP contribution in [-0.2, 0) is 0 Å². The summed E-state index contributed by atoms with van der Waals surface area (Å²) in [5, 5.41) is 0.801. The minimum absolute atomic E-state index is 0.801. The minimum Gasteiger partial charge on any atom is -0.0843 e. The molecule has 0 aromatic heterocycles. The summed E-state index contributed by atoms with van der Waals surface area (Å²) in [6, 6.07) is 7.75. The van der Waals surface area contributed by atoms with Crippen LogP contribution >= 0.6 is 11.6 Å². The van der Waals surface area contributed by atoms with Crippen molar-refractivity contribution in [1.82, 2.24) is 0 Å². The van der Waals surface area contributed by atoms with Gasteiger partial charge in [0.05, 0.1) is 0 Å². The van der Waals surface area contributed by atoms with E-state index in [-0.39, 0.29) is 0 Å². The van der Waals surface area contributed by atoms with Gasteiger partial charge >= 0.3 is 0 Å². The van der Waals surface area contributed by atoms with Crippen molar-refractivity contribution in [2.75, 3.05) is 0 Å². The largest absolute Gasteiger partial charge is 0.0843 e. The second-order valence-electron chi connectivity index (χ2n) is 1.80. The van der Waals surface area contributed by atoms with E-state index in [1.54, 1.807) is 0 Å². The first kappa shape index (κ1) is 9.51. The molecule has 0 aliphatic carbocycles. The first-order chi connectivity index (χ1) is 4.79. The van der Waals surface area contributed by atoms with Crippen molar-refractivity contribution in [2.45, 2.75) is 20.8 Å². The Labute approximate surface area is 67.8 Å². The van der Waals surface area contributed by atoms with Crippen LogP contribution in [0.4, 0.5) is 0 Å². The van der Waals surface area contributed by atoms with E-state index in [1.807, 2.05) is 45.0 Å². The van der Waals surface area contributed by atoms with Gasteiger partial charge in [0.15, 0.2) is 0 Å². The van der Waals surface area contributed by atoms with Crippen LogP contribution in [-0.4, -0.2) is 0 Å². The van der Waals surface area contributed by atoms with Gasteiger partial charge in [-0.25, -0.2) is 0 Å². The van der Waals surface area contributed by atoms with E-state index >= 15 is 0 Å². The monoisotopic (exact) mass is 156 g/mol. The summed E-state index contributed by atoms with van der Waals surface area (Å²) in [6.45, 7) is 6.04. The lowest BCUT2D eigenvalue weighted by Gasteiger charge is -1.88. The Morgan fingerprint density at radius 1 is 1.00 bits per heavy atom. The van der Waals surface area contributed by atoms with Crippen LogP contribution < -0.4 is 0 Å². The molecule has 0 amide bonds. The highest BCUT2D eigenvalue weighted by molar-refractivity contribution is 6.30. The molecule has 0 fully saturated rings. The lowest BCUT2D eigenvalue weighted by molar-refractivity contribution is 1.48. The summed E-state index contributed by atoms with van der Waals surface area (Å²) in [7, 11) is 0. The zero-order valence-corrected chi connectivity index (χ0v) is 7.44. The predicted molar refractivity (Wildman–Crippen MR) is 47.5 cm³/mol. The molecule has 1 rings (SSSR count). The standard InChI is InChI=1S/C7H7Cl.C2H6/c1-6-2-4-7(8)5-3-6;1-2/h2-5H,1H3;1-2H3. The van der Waals surface area contributed by atoms with Crippen LogP contribution in [0.25, 0.3) is 0 Å². The third-order valence-electron chi connectivity index (χ3n) is 1.01. The van der Waals surface area contributed by atoms with Crippen LogP contribution in [0.15, 0.2) is 24.3 Å². The summed E-state index contributed by atoms with van der Waals surface area (Å²) in [5.74, 6) is 0. The quantitative estimate of drug-likeness (QED) is 0.538. The van der Waals surface area contributed by atoms with Crippen molar-refractivity contribution in [3.63, 3.8) is 0 Å². The second kappa shape index (κ2) is 5.31. The molecule has 0 atom stereocenters. The molecule has 56 valence electrons. The van der Waals surface area contributed by atoms with Crippen molar-refractivity contribution < 1.29 is 0 Å². The first-order valence-corrected chi connectivity index (χ1v) is 3.89. The lowest BCUT2D eigenvalue weighted by Crippen LogP contribution is -1.66. The fraction of sp³-hybridized carbons (Fsp3) is 0.333. The molecule has 1 heteroatoms. The summed E-state index contributed by atoms with van der Waals surface area (Å²) in [5.41, 5.74) is 1.24. The second-order valence-corrected chi connectivity index (χ2v) is 2.23. The fourth-order valence-corrected chi connectivity index (χ4v) is 0.659. The van der Waals surface area contributed by atoms with Crippen molar-refractivity contribution in [3.05, 3.63) is 34.9 Å². The first-order valence-electron chi connectivity index (χ1n) is 3.51. The minimum atomic E-state index is 0.801. The number of rotatable bonds is 0. The lowest BCUT2D eigenvalue weighted by atomic mass is 10.2. The number of aryl methyl sites for hydroxylation is 1. The SMILES string of the molecule is CC.Cc1ccc(Cl)cc1. The molecule has 0 unspecified atom stereocenters. The molecule has 0 saturated heterocycles. The Hall–Kier alpha value is -0.490. The van der Waals surface area contributed by atoms with Crippen molar-refractivity contribution in [2.24, 2.45) is 0 Å². The smallest absolute Gasteiger partial charge is 0.0406 e. The summed E-state index contributed by atoms with van der Waals surface area (Å²) < 4.78 is 0. The van der Waals surface area contributed by atoms with Gasteiger partial charge in [-0.05, 0) is 19.1 Å². The molecule has 0 saturated carbocycles. The Morgan fingerprint density at radius 3 is 1.70 bits per heavy atom. The van der Waals surface area contributed by atoms with Crippen LogP contribution in [0, 0.1) is 6.92 Å². The van der Waals surface area contributed by atoms with E-state index in [9.17, 15) is 0 Å². The zero-order valence-electron chi connectivity index (χ0n) is 6.69. The van der Waals surface area contributed by atoms with Gasteiger partial charge in [0, 0.05) is 5.02 Å². The van der Waals surface area contributed by atoms with Crippen LogP contribution in [0.5, 0.6) is 0 Å². The van der Waals surface area contributed by atoms with Crippen molar-refractivity contribution in [1.29, 1.82) is 0 Å². The van der Waals surface area contributed by atoms with Gasteiger partial charge in [-0.15, -0.1) is 0 Å². The average molecular weight is 157 g/mol. The average Bonchev–Trinajstić information content (AvgIpc) is 2.00. The van der Waals surface area contributed by atoms with E-state index in [1.165, 1.54) is 5.56 Å². The van der Waals surface area contributed by atoms with E-state index in [4.69, 9.17) is 11.6 Å². The van der Waals surface area contributed by atoms with Gasteiger partial charge in [0.25, 0.3) is 0 Å². The molecule has 1 aromatic rings. The van der Waals surface area contributed by atoms with Crippen LogP contribution in [0.3, 0.4) is 0 Å². The van der Waals surface area contributed by atoms with E-state index in [2.05, 4.69) is 0 Å². The van der Waals surface area contributed by atoms with E-state index in [0.29, 0.717) is 0 Å². The molecule has 10 heavy (non-hydrogen) atoms. The Bertz CT molecular complexity index is 144. The molecule has 0 N–H and O–H groups in total. The molecular weight excluding hydrogens is 144 g/mol. The van der Waals surface area contributed by atoms with E-state index in [0.717, 1.165) is 5.02 Å². The number of benzene rings is 1. The highest BCUT2D eigenvalue weighted by atomic mass is 35.5. The molecular formula is C9H13Cl. The third kappa shape index (κ3) is 3.52. The highest BCUT2D eigenvalue weighted by Gasteiger charge is 1.81. The third-order valence-corrected chi connectivity index (χ3v) is 1.26. The highest BCUT2D eigenvalue weighted by Crippen LogP contribution is 2.07. The normalized spacial score (nSPS) is 8.00. The topological polar surface area (TPSA) is 0 Å². The molecule has 0 spiro atoms. The molecule has 0 nitrogen and oxygen atoms in total. The van der Waals surface area contributed by atoms with Crippen molar-refractivity contribution in [3.8, 4) is 0 Å². The molecule has 1 aromatic carbocycles. The summed E-state index contributed by atoms with van der Waals surface area (Å²) in [6.07, 6.45) is 0. The predicted octanol–water partition coefficient (Wildman–Crippen LogP) is 3.67. The van der Waals surface area contributed by atoms with Gasteiger partial charge in [-0.3, -0.25) is 0 Å². The zero-order chi connectivity index (χ0) is 7.98. The fourth-order valence-electron chi connectivity index (χ4n) is 0.533. The summed E-state index contributed by atoms with van der Waals surface area (Å²) >= 11 is 5.61. The van der Waals surface area contributed by atoms with Gasteiger partial charge in [-0.1, -0.05) is 43.1 Å². The number of hydrogen-bond acceptors (Lipinski definition) is 0. The number of halogens is 1. The maximum absolute atomic E-state index is 5.61. The van der Waals surface area contributed by atoms with Crippen molar-refractivity contribution >= 4 is 11.6 Å². The van der Waals surface area contributed by atoms with Gasteiger partial charge < -0.3 is 0 Å². The molecule has 0 aliphatic rings. The van der Waals surface area contributed by atoms with Gasteiger partial charge in [-0.2, -0.15) is 0 Å². The van der Waals surface area contributed by atoms with E-state index < -0.39 is 0 Å². The Kier molecular flexibility index (Phi) is 5.05. The summed E-state index contributed by atoms with van der Waals surface area (Å²) in [4.78, 5) is 0. The molecule has 0 radical (unpaired) electrons. The van der Waals surface area contributed by atoms with Crippen LogP contribution in [0.2, 0.25) is 5.02 Å². The Morgan fingerprint density at radius 2 is 1.40 bits per heavy atom. The van der Waals surface area contributed by atoms with Gasteiger partial charge in [0.1, 0.15) is 0 Å². The maximum atomic E-state index is 5.61. The molecule has 0 bridgehead atoms. The van der Waals surface area contributed by atoms with Crippen LogP contribution in [0.1, 0.15) is 19.4 Å². The molecule has 0 aliphatic heterocycles. The Balaban J connectivity index is 0.000000371.